The van der Waals surface area contributed by atoms with Crippen LogP contribution in [-0.4, -0.2) is 38.0 Å². The minimum Gasteiger partial charge on any atom is -0.355 e. The van der Waals surface area contributed by atoms with Gasteiger partial charge in [-0.1, -0.05) is 6.42 Å². The van der Waals surface area contributed by atoms with Gasteiger partial charge in [-0.25, -0.2) is 9.67 Å². The summed E-state index contributed by atoms with van der Waals surface area (Å²) < 4.78 is 3.20. The molecule has 0 amide bonds. The van der Waals surface area contributed by atoms with Crippen LogP contribution in [0.1, 0.15) is 31.2 Å². The molecule has 1 saturated heterocycles. The van der Waals surface area contributed by atoms with E-state index in [2.05, 4.69) is 15.0 Å². The zero-order chi connectivity index (χ0) is 19.1. The van der Waals surface area contributed by atoms with Crippen molar-refractivity contribution in [2.75, 3.05) is 18.0 Å². The molecule has 144 valence electrons. The number of imidazole rings is 1. The average Bonchev–Trinajstić information content (AvgIpc) is 3.30. The number of hydrogen-bond acceptors (Lipinski definition) is 5. The summed E-state index contributed by atoms with van der Waals surface area (Å²) in [5, 5.41) is 4.49. The van der Waals surface area contributed by atoms with Crippen molar-refractivity contribution in [2.45, 2.75) is 38.6 Å². The molecule has 0 aromatic carbocycles. The largest absolute Gasteiger partial charge is 0.355 e. The van der Waals surface area contributed by atoms with Gasteiger partial charge >= 0.3 is 0 Å². The van der Waals surface area contributed by atoms with Crippen LogP contribution in [-0.2, 0) is 17.8 Å². The maximum absolute atomic E-state index is 12.6. The number of rotatable bonds is 5. The van der Waals surface area contributed by atoms with Crippen LogP contribution in [0.2, 0.25) is 0 Å². The first-order valence-corrected chi connectivity index (χ1v) is 9.87. The quantitative estimate of drug-likeness (QED) is 0.681. The maximum atomic E-state index is 12.6. The summed E-state index contributed by atoms with van der Waals surface area (Å²) in [6.07, 6.45) is 10.8. The lowest BCUT2D eigenvalue weighted by Gasteiger charge is -2.38. The SMILES string of the molecule is O=C(Cc1ccn2ccnc2c1)Cn1nc(N2CCC3(CCC3)C2)ccc1=O. The molecule has 7 heteroatoms. The van der Waals surface area contributed by atoms with Crippen molar-refractivity contribution < 1.29 is 4.79 Å². The highest BCUT2D eigenvalue weighted by molar-refractivity contribution is 5.80. The monoisotopic (exact) mass is 377 g/mol. The van der Waals surface area contributed by atoms with E-state index in [-0.39, 0.29) is 24.3 Å². The van der Waals surface area contributed by atoms with E-state index in [0.717, 1.165) is 30.1 Å². The number of anilines is 1. The van der Waals surface area contributed by atoms with E-state index in [9.17, 15) is 9.59 Å². The van der Waals surface area contributed by atoms with E-state index < -0.39 is 0 Å². The number of carbonyl (C=O) groups is 1. The van der Waals surface area contributed by atoms with Gasteiger partial charge in [0.25, 0.3) is 5.56 Å². The first kappa shape index (κ1) is 17.2. The Morgan fingerprint density at radius 2 is 2.04 bits per heavy atom. The Balaban J connectivity index is 1.30. The molecule has 2 fully saturated rings. The van der Waals surface area contributed by atoms with Crippen molar-refractivity contribution >= 4 is 17.2 Å². The number of pyridine rings is 1. The van der Waals surface area contributed by atoms with Gasteiger partial charge in [-0.2, -0.15) is 5.10 Å². The molecule has 1 aliphatic heterocycles. The molecule has 5 rings (SSSR count). The highest BCUT2D eigenvalue weighted by Crippen LogP contribution is 2.48. The molecule has 1 saturated carbocycles. The molecule has 7 nitrogen and oxygen atoms in total. The summed E-state index contributed by atoms with van der Waals surface area (Å²) >= 11 is 0. The molecule has 2 aliphatic rings. The lowest BCUT2D eigenvalue weighted by Crippen LogP contribution is -2.34. The molecular weight excluding hydrogens is 354 g/mol. The van der Waals surface area contributed by atoms with Crippen molar-refractivity contribution in [2.24, 2.45) is 5.41 Å². The van der Waals surface area contributed by atoms with Crippen molar-refractivity contribution in [1.82, 2.24) is 19.2 Å². The minimum atomic E-state index is -0.238. The van der Waals surface area contributed by atoms with Crippen LogP contribution in [0.5, 0.6) is 0 Å². The summed E-state index contributed by atoms with van der Waals surface area (Å²) in [4.78, 5) is 31.3. The van der Waals surface area contributed by atoms with E-state index >= 15 is 0 Å². The molecule has 0 unspecified atom stereocenters. The molecule has 0 bridgehead atoms. The van der Waals surface area contributed by atoms with E-state index in [0.29, 0.717) is 5.41 Å². The molecule has 0 atom stereocenters. The molecule has 0 N–H and O–H groups in total. The topological polar surface area (TPSA) is 72.5 Å². The number of hydrogen-bond donors (Lipinski definition) is 0. The Kier molecular flexibility index (Phi) is 4.03. The van der Waals surface area contributed by atoms with Crippen molar-refractivity contribution in [3.05, 3.63) is 58.8 Å². The van der Waals surface area contributed by atoms with Crippen LogP contribution in [0.25, 0.3) is 5.65 Å². The second-order valence-corrected chi connectivity index (χ2v) is 8.16. The molecule has 0 radical (unpaired) electrons. The van der Waals surface area contributed by atoms with Gasteiger partial charge in [0.15, 0.2) is 5.78 Å². The molecule has 1 aliphatic carbocycles. The highest BCUT2D eigenvalue weighted by atomic mass is 16.1. The van der Waals surface area contributed by atoms with Crippen molar-refractivity contribution in [3.63, 3.8) is 0 Å². The van der Waals surface area contributed by atoms with Crippen LogP contribution < -0.4 is 10.5 Å². The minimum absolute atomic E-state index is 0.00865. The fourth-order valence-electron chi connectivity index (χ4n) is 4.45. The Morgan fingerprint density at radius 1 is 1.14 bits per heavy atom. The van der Waals surface area contributed by atoms with Crippen LogP contribution >= 0.6 is 0 Å². The molecule has 1 spiro atoms. The van der Waals surface area contributed by atoms with Crippen molar-refractivity contribution in [3.8, 4) is 0 Å². The maximum Gasteiger partial charge on any atom is 0.267 e. The van der Waals surface area contributed by atoms with Gasteiger partial charge in [-0.05, 0) is 48.4 Å². The van der Waals surface area contributed by atoms with Gasteiger partial charge in [0.05, 0.1) is 0 Å². The number of aromatic nitrogens is 4. The van der Waals surface area contributed by atoms with E-state index in [1.807, 2.05) is 28.9 Å². The molecule has 4 heterocycles. The third-order valence-electron chi connectivity index (χ3n) is 6.22. The summed E-state index contributed by atoms with van der Waals surface area (Å²) in [6, 6.07) is 7.11. The molecular formula is C21H23N5O2. The lowest BCUT2D eigenvalue weighted by molar-refractivity contribution is -0.119. The first-order chi connectivity index (χ1) is 13.6. The molecule has 3 aromatic heterocycles. The van der Waals surface area contributed by atoms with E-state index in [1.165, 1.54) is 36.4 Å². The average molecular weight is 377 g/mol. The number of carbonyl (C=O) groups excluding carboxylic acids is 1. The van der Waals surface area contributed by atoms with Crippen LogP contribution in [0, 0.1) is 5.41 Å². The predicted molar refractivity (Wildman–Crippen MR) is 106 cm³/mol. The fraction of sp³-hybridized carbons (Fsp3) is 0.429. The van der Waals surface area contributed by atoms with E-state index in [1.54, 1.807) is 12.3 Å². The van der Waals surface area contributed by atoms with E-state index in [4.69, 9.17) is 0 Å². The third kappa shape index (κ3) is 3.10. The molecule has 3 aromatic rings. The summed E-state index contributed by atoms with van der Waals surface area (Å²) in [6.45, 7) is 1.98. The smallest absolute Gasteiger partial charge is 0.267 e. The standard InChI is InChI=1S/C21H23N5O2/c27-17(12-16-4-9-24-11-8-22-19(24)13-16)14-26-20(28)3-2-18(23-26)25-10-7-21(15-25)5-1-6-21/h2-4,8-9,11,13H,1,5-7,10,12,14-15H2. The Bertz CT molecular complexity index is 1100. The van der Waals surface area contributed by atoms with Crippen LogP contribution in [0.4, 0.5) is 5.82 Å². The Labute approximate surface area is 162 Å². The normalized spacial score (nSPS) is 17.9. The number of Topliss-reactive ketones (excluding diaryl/α,β-unsaturated/α-hetero) is 1. The zero-order valence-corrected chi connectivity index (χ0v) is 15.8. The fourth-order valence-corrected chi connectivity index (χ4v) is 4.45. The van der Waals surface area contributed by atoms with Gasteiger partial charge in [0.1, 0.15) is 18.0 Å². The van der Waals surface area contributed by atoms with Crippen molar-refractivity contribution in [1.29, 1.82) is 0 Å². The van der Waals surface area contributed by atoms with Gasteiger partial charge < -0.3 is 9.30 Å². The van der Waals surface area contributed by atoms with Gasteiger partial charge in [-0.15, -0.1) is 0 Å². The second kappa shape index (κ2) is 6.58. The predicted octanol–water partition coefficient (Wildman–Crippen LogP) is 2.08. The third-order valence-corrected chi connectivity index (χ3v) is 6.22. The summed E-state index contributed by atoms with van der Waals surface area (Å²) in [5.74, 6) is 0.759. The zero-order valence-electron chi connectivity index (χ0n) is 15.8. The lowest BCUT2D eigenvalue weighted by atomic mass is 9.68. The van der Waals surface area contributed by atoms with Gasteiger partial charge in [-0.3, -0.25) is 9.59 Å². The Morgan fingerprint density at radius 3 is 2.82 bits per heavy atom. The second-order valence-electron chi connectivity index (χ2n) is 8.16. The number of ketones is 1. The number of fused-ring (bicyclic) bond motifs is 1. The van der Waals surface area contributed by atoms with Gasteiger partial charge in [0, 0.05) is 44.2 Å². The van der Waals surface area contributed by atoms with Crippen LogP contribution in [0.3, 0.4) is 0 Å². The molecule has 28 heavy (non-hydrogen) atoms. The van der Waals surface area contributed by atoms with Crippen LogP contribution in [0.15, 0.2) is 47.7 Å². The summed E-state index contributed by atoms with van der Waals surface area (Å²) in [7, 11) is 0. The first-order valence-electron chi connectivity index (χ1n) is 9.87. The van der Waals surface area contributed by atoms with Gasteiger partial charge in [0.2, 0.25) is 0 Å². The highest BCUT2D eigenvalue weighted by Gasteiger charge is 2.43. The Hall–Kier alpha value is -2.96. The summed E-state index contributed by atoms with van der Waals surface area (Å²) in [5.41, 5.74) is 1.92. The number of nitrogens with zero attached hydrogens (tertiary/aromatic N) is 5.